The van der Waals surface area contributed by atoms with Gasteiger partial charge >= 0.3 is 6.09 Å². The third kappa shape index (κ3) is 4.24. The maximum atomic E-state index is 14.3. The second-order valence-corrected chi connectivity index (χ2v) is 7.58. The summed E-state index contributed by atoms with van der Waals surface area (Å²) in [7, 11) is 0. The van der Waals surface area contributed by atoms with Crippen LogP contribution < -0.4 is 15.5 Å². The van der Waals surface area contributed by atoms with Gasteiger partial charge in [0.05, 0.1) is 11.3 Å². The number of anilines is 2. The summed E-state index contributed by atoms with van der Waals surface area (Å²) in [5, 5.41) is 5.42. The predicted molar refractivity (Wildman–Crippen MR) is 103 cm³/mol. The summed E-state index contributed by atoms with van der Waals surface area (Å²) >= 11 is 0. The van der Waals surface area contributed by atoms with Gasteiger partial charge in [0.2, 0.25) is 0 Å². The molecular formula is C19H20F4N6O2. The number of hydrogen-bond donors (Lipinski definition) is 2. The monoisotopic (exact) mass is 440 g/mol. The number of amides is 1. The molecule has 166 valence electrons. The third-order valence-corrected chi connectivity index (χ3v) is 5.05. The van der Waals surface area contributed by atoms with Crippen molar-refractivity contribution in [1.29, 1.82) is 0 Å². The Kier molecular flexibility index (Phi) is 5.20. The molecule has 4 rings (SSSR count). The number of hydrogen-bond acceptors (Lipinski definition) is 7. The molecule has 1 fully saturated rings. The molecule has 2 aromatic heterocycles. The van der Waals surface area contributed by atoms with E-state index in [1.807, 2.05) is 4.90 Å². The Morgan fingerprint density at radius 3 is 2.48 bits per heavy atom. The van der Waals surface area contributed by atoms with E-state index in [0.717, 1.165) is 19.3 Å². The van der Waals surface area contributed by atoms with Crippen LogP contribution in [0.25, 0.3) is 11.4 Å². The van der Waals surface area contributed by atoms with Gasteiger partial charge in [-0.2, -0.15) is 0 Å². The Labute approximate surface area is 175 Å². The van der Waals surface area contributed by atoms with Crippen LogP contribution in [0.1, 0.15) is 31.1 Å². The van der Waals surface area contributed by atoms with Crippen LogP contribution in [0.3, 0.4) is 0 Å². The number of halogens is 4. The number of carbonyl (C=O) groups excluding carboxylic acids is 1. The molecule has 0 spiro atoms. The second kappa shape index (κ2) is 7.59. The molecular weight excluding hydrogens is 420 g/mol. The van der Waals surface area contributed by atoms with Crippen LogP contribution in [0.4, 0.5) is 34.0 Å². The highest BCUT2D eigenvalue weighted by Gasteiger charge is 2.45. The van der Waals surface area contributed by atoms with E-state index in [1.54, 1.807) is 0 Å². The number of cyclic esters (lactones) is 1. The van der Waals surface area contributed by atoms with Crippen LogP contribution in [0, 0.1) is 0 Å². The zero-order valence-electron chi connectivity index (χ0n) is 16.8. The summed E-state index contributed by atoms with van der Waals surface area (Å²) in [6.07, 6.45) is -2.04. The molecule has 12 heteroatoms. The average molecular weight is 440 g/mol. The minimum absolute atomic E-state index is 0.0415. The molecule has 0 aromatic carbocycles. The van der Waals surface area contributed by atoms with Gasteiger partial charge in [0, 0.05) is 45.6 Å². The lowest BCUT2D eigenvalue weighted by Gasteiger charge is -2.31. The fourth-order valence-corrected chi connectivity index (χ4v) is 3.54. The summed E-state index contributed by atoms with van der Waals surface area (Å²) in [6.45, 7) is 3.72. The number of ether oxygens (including phenoxy) is 1. The Morgan fingerprint density at radius 1 is 1.13 bits per heavy atom. The highest BCUT2D eigenvalue weighted by atomic mass is 19.3. The van der Waals surface area contributed by atoms with Crippen molar-refractivity contribution in [2.45, 2.75) is 31.8 Å². The summed E-state index contributed by atoms with van der Waals surface area (Å²) in [6, 6.07) is 2.39. The van der Waals surface area contributed by atoms with E-state index in [4.69, 9.17) is 4.74 Å². The number of nitrogens with zero attached hydrogens (tertiary/aromatic N) is 4. The van der Waals surface area contributed by atoms with Gasteiger partial charge in [-0.05, 0) is 12.1 Å². The summed E-state index contributed by atoms with van der Waals surface area (Å²) in [4.78, 5) is 25.9. The van der Waals surface area contributed by atoms with Gasteiger partial charge < -0.3 is 15.0 Å². The smallest absolute Gasteiger partial charge is 0.413 e. The minimum atomic E-state index is -3.47. The molecule has 0 aliphatic carbocycles. The molecule has 4 heterocycles. The van der Waals surface area contributed by atoms with Gasteiger partial charge in [-0.25, -0.2) is 37.3 Å². The molecule has 2 aliphatic rings. The van der Waals surface area contributed by atoms with Crippen molar-refractivity contribution in [3.63, 3.8) is 0 Å². The van der Waals surface area contributed by atoms with Crippen LogP contribution in [0.2, 0.25) is 0 Å². The van der Waals surface area contributed by atoms with E-state index in [2.05, 4.69) is 25.6 Å². The van der Waals surface area contributed by atoms with E-state index >= 15 is 0 Å². The van der Waals surface area contributed by atoms with E-state index in [1.165, 1.54) is 6.07 Å². The van der Waals surface area contributed by atoms with E-state index in [9.17, 15) is 22.4 Å². The first-order valence-electron chi connectivity index (χ1n) is 9.61. The molecule has 31 heavy (non-hydrogen) atoms. The lowest BCUT2D eigenvalue weighted by molar-refractivity contribution is -0.0985. The molecule has 1 saturated heterocycles. The van der Waals surface area contributed by atoms with E-state index in [-0.39, 0.29) is 34.2 Å². The van der Waals surface area contributed by atoms with Crippen molar-refractivity contribution in [1.82, 2.24) is 20.3 Å². The molecule has 2 N–H and O–H groups in total. The zero-order chi connectivity index (χ0) is 22.4. The minimum Gasteiger partial charge on any atom is -0.434 e. The predicted octanol–water partition coefficient (Wildman–Crippen LogP) is 3.32. The standard InChI is InChI=1S/C19H20F4N6O2/c1-18(20,21)10-7-11(27-12(8-10)29-5-3-24-4-6-29)14-13-15(19(2,22)23)31-17(30)28-16(13)26-9-25-14/h7-9,15,24H,3-6H2,1-2H3,(H,25,26,28,30)/t15-/m1/s1. The highest BCUT2D eigenvalue weighted by Crippen LogP contribution is 2.44. The largest absolute Gasteiger partial charge is 0.434 e. The SMILES string of the molecule is CC(F)(F)c1cc(-c2ncnc3c2[C@H](C(C)(F)F)OC(=O)N3)nc(N2CCNCC2)c1. The van der Waals surface area contributed by atoms with Gasteiger partial charge in [-0.15, -0.1) is 0 Å². The van der Waals surface area contributed by atoms with Crippen LogP contribution in [0.5, 0.6) is 0 Å². The van der Waals surface area contributed by atoms with Crippen LogP contribution in [-0.2, 0) is 10.7 Å². The maximum absolute atomic E-state index is 14.3. The number of piperazine rings is 1. The van der Waals surface area contributed by atoms with Crippen molar-refractivity contribution in [2.75, 3.05) is 36.4 Å². The molecule has 0 saturated carbocycles. The van der Waals surface area contributed by atoms with Gasteiger partial charge in [-0.1, -0.05) is 0 Å². The summed E-state index contributed by atoms with van der Waals surface area (Å²) < 4.78 is 61.9. The Hall–Kier alpha value is -3.02. The quantitative estimate of drug-likeness (QED) is 0.705. The lowest BCUT2D eigenvalue weighted by Crippen LogP contribution is -2.44. The lowest BCUT2D eigenvalue weighted by atomic mass is 9.98. The third-order valence-electron chi connectivity index (χ3n) is 5.05. The van der Waals surface area contributed by atoms with E-state index < -0.39 is 24.0 Å². The fourth-order valence-electron chi connectivity index (χ4n) is 3.54. The number of nitrogens with one attached hydrogen (secondary N) is 2. The molecule has 2 aliphatic heterocycles. The van der Waals surface area contributed by atoms with Gasteiger partial charge in [0.25, 0.3) is 11.8 Å². The Morgan fingerprint density at radius 2 is 1.84 bits per heavy atom. The van der Waals surface area contributed by atoms with Gasteiger partial charge in [0.1, 0.15) is 23.7 Å². The maximum Gasteiger partial charge on any atom is 0.413 e. The number of alkyl halides is 4. The summed E-state index contributed by atoms with van der Waals surface area (Å²) in [5.41, 5.74) is -0.705. The molecule has 0 unspecified atom stereocenters. The number of aromatic nitrogens is 3. The Balaban J connectivity index is 1.90. The molecule has 2 aromatic rings. The molecule has 0 bridgehead atoms. The average Bonchev–Trinajstić information content (AvgIpc) is 2.71. The first kappa shape index (κ1) is 21.2. The first-order chi connectivity index (χ1) is 14.5. The van der Waals surface area contributed by atoms with Crippen LogP contribution >= 0.6 is 0 Å². The van der Waals surface area contributed by atoms with Crippen molar-refractivity contribution in [3.8, 4) is 11.4 Å². The zero-order valence-corrected chi connectivity index (χ0v) is 16.8. The number of fused-ring (bicyclic) bond motifs is 1. The van der Waals surface area contributed by atoms with Crippen LogP contribution in [0.15, 0.2) is 18.5 Å². The highest BCUT2D eigenvalue weighted by molar-refractivity contribution is 5.88. The van der Waals surface area contributed by atoms with Crippen LogP contribution in [-0.4, -0.2) is 53.1 Å². The van der Waals surface area contributed by atoms with Gasteiger partial charge in [0.15, 0.2) is 6.10 Å². The van der Waals surface area contributed by atoms with Crippen molar-refractivity contribution >= 4 is 17.7 Å². The molecule has 1 atom stereocenters. The topological polar surface area (TPSA) is 92.3 Å². The van der Waals surface area contributed by atoms with Crippen molar-refractivity contribution < 1.29 is 27.1 Å². The number of carbonyl (C=O) groups is 1. The fraction of sp³-hybridized carbons (Fsp3) is 0.474. The molecule has 1 amide bonds. The van der Waals surface area contributed by atoms with Gasteiger partial charge in [-0.3, -0.25) is 5.32 Å². The first-order valence-corrected chi connectivity index (χ1v) is 9.61. The van der Waals surface area contributed by atoms with E-state index in [0.29, 0.717) is 33.1 Å². The second-order valence-electron chi connectivity index (χ2n) is 7.58. The van der Waals surface area contributed by atoms with Crippen molar-refractivity contribution in [2.24, 2.45) is 0 Å². The Bertz CT molecular complexity index is 1000. The molecule has 8 nitrogen and oxygen atoms in total. The number of pyridine rings is 1. The van der Waals surface area contributed by atoms with Crippen molar-refractivity contribution in [3.05, 3.63) is 29.6 Å². The molecule has 0 radical (unpaired) electrons. The normalized spacial score (nSPS) is 19.5. The summed E-state index contributed by atoms with van der Waals surface area (Å²) in [5.74, 6) is -6.57. The number of rotatable bonds is 4.